The minimum atomic E-state index is -2.69. The number of nitrogens with two attached hydrogens (primary N) is 1. The number of benzene rings is 1. The molecule has 9 nitrogen and oxygen atoms in total. The largest absolute Gasteiger partial charge is 0.470 e. The normalized spacial score (nSPS) is 24.0. The number of pyridine rings is 1. The molecule has 202 valence electrons. The fourth-order valence-electron chi connectivity index (χ4n) is 4.98. The summed E-state index contributed by atoms with van der Waals surface area (Å²) in [5.41, 5.74) is 5.71. The van der Waals surface area contributed by atoms with Crippen molar-refractivity contribution < 1.29 is 26.7 Å². The topological polar surface area (TPSA) is 124 Å². The molecule has 0 spiro atoms. The maximum atomic E-state index is 15.1. The third kappa shape index (κ3) is 4.32. The number of ether oxygens (including phenoxy) is 1. The fourth-order valence-corrected chi connectivity index (χ4v) is 6.32. The molecular formula is C25H21F4N7O2S. The van der Waals surface area contributed by atoms with Crippen LogP contribution >= 0.6 is 11.8 Å². The van der Waals surface area contributed by atoms with Gasteiger partial charge in [-0.1, -0.05) is 11.8 Å². The van der Waals surface area contributed by atoms with E-state index in [9.17, 15) is 13.2 Å². The Labute approximate surface area is 223 Å². The summed E-state index contributed by atoms with van der Waals surface area (Å²) in [4.78, 5) is 21.5. The molecule has 1 saturated carbocycles. The van der Waals surface area contributed by atoms with Crippen LogP contribution in [0.1, 0.15) is 30.5 Å². The summed E-state index contributed by atoms with van der Waals surface area (Å²) in [6.07, 6.45) is 1.73. The Morgan fingerprint density at radius 1 is 1.26 bits per heavy atom. The average Bonchev–Trinajstić information content (AvgIpc) is 3.51. The molecule has 3 N–H and O–H groups in total. The number of halogens is 4. The average molecular weight is 560 g/mol. The molecule has 4 heterocycles. The summed E-state index contributed by atoms with van der Waals surface area (Å²) in [5.74, 6) is -2.09. The monoisotopic (exact) mass is 559 g/mol. The Balaban J connectivity index is 1.30. The number of hydrogen-bond donors (Lipinski definition) is 2. The van der Waals surface area contributed by atoms with Gasteiger partial charge in [-0.3, -0.25) is 4.99 Å². The summed E-state index contributed by atoms with van der Waals surface area (Å²) in [6.45, 7) is 3.35. The zero-order valence-electron chi connectivity index (χ0n) is 20.6. The number of hydrogen-bond acceptors (Lipinski definition) is 10. The van der Waals surface area contributed by atoms with Crippen LogP contribution in [0, 0.1) is 24.5 Å². The lowest BCUT2D eigenvalue weighted by molar-refractivity contribution is 0.123. The molecule has 0 radical (unpaired) electrons. The first-order chi connectivity index (χ1) is 18.6. The molecule has 14 heteroatoms. The van der Waals surface area contributed by atoms with Crippen LogP contribution in [0.5, 0.6) is 5.88 Å². The van der Waals surface area contributed by atoms with E-state index in [2.05, 4.69) is 30.2 Å². The van der Waals surface area contributed by atoms with Gasteiger partial charge in [0, 0.05) is 36.4 Å². The van der Waals surface area contributed by atoms with Gasteiger partial charge in [0.25, 0.3) is 6.43 Å². The van der Waals surface area contributed by atoms with Crippen LogP contribution in [0.4, 0.5) is 29.1 Å². The lowest BCUT2D eigenvalue weighted by Crippen LogP contribution is -2.39. The first-order valence-corrected chi connectivity index (χ1v) is 12.7. The minimum absolute atomic E-state index is 0.0793. The van der Waals surface area contributed by atoms with Gasteiger partial charge in [-0.15, -0.1) is 0 Å². The quantitative estimate of drug-likeness (QED) is 0.293. The molecule has 0 amide bonds. The van der Waals surface area contributed by atoms with Crippen LogP contribution in [-0.2, 0) is 12.1 Å². The number of anilines is 2. The highest BCUT2D eigenvalue weighted by molar-refractivity contribution is 8.15. The summed E-state index contributed by atoms with van der Waals surface area (Å²) < 4.78 is 67.0. The number of nitrogens with zero attached hydrogens (tertiary/aromatic N) is 5. The summed E-state index contributed by atoms with van der Waals surface area (Å²) in [7, 11) is 0. The van der Waals surface area contributed by atoms with Gasteiger partial charge in [-0.2, -0.15) is 0 Å². The Kier molecular flexibility index (Phi) is 5.90. The van der Waals surface area contributed by atoms with E-state index in [1.165, 1.54) is 31.6 Å². The number of amidine groups is 1. The van der Waals surface area contributed by atoms with Gasteiger partial charge in [0.05, 0.1) is 22.0 Å². The summed E-state index contributed by atoms with van der Waals surface area (Å²) in [6, 6.07) is 3.91. The van der Waals surface area contributed by atoms with Gasteiger partial charge in [-0.25, -0.2) is 37.5 Å². The maximum absolute atomic E-state index is 15.1. The summed E-state index contributed by atoms with van der Waals surface area (Å²) in [5, 5.41) is 2.86. The van der Waals surface area contributed by atoms with Crippen LogP contribution in [0.15, 0.2) is 46.3 Å². The third-order valence-corrected chi connectivity index (χ3v) is 8.26. The van der Waals surface area contributed by atoms with Crippen molar-refractivity contribution in [2.75, 3.05) is 5.32 Å². The summed E-state index contributed by atoms with van der Waals surface area (Å²) >= 11 is 0.793. The SMILES string of the molecule is Cc1nc(COc2cnc3c(Nc4cc(F)c(F)c([C@@]5(C)N=C(N)S[C@@]6(C(F)F)C[C@@H]56)c4)nccc3n2)co1. The highest BCUT2D eigenvalue weighted by Gasteiger charge is 2.71. The van der Waals surface area contributed by atoms with Crippen LogP contribution in [-0.4, -0.2) is 36.3 Å². The predicted molar refractivity (Wildman–Crippen MR) is 136 cm³/mol. The van der Waals surface area contributed by atoms with Crippen molar-refractivity contribution in [2.24, 2.45) is 16.6 Å². The minimum Gasteiger partial charge on any atom is -0.470 e. The first kappa shape index (κ1) is 25.3. The molecule has 1 aliphatic heterocycles. The molecule has 0 bridgehead atoms. The second-order valence-corrected chi connectivity index (χ2v) is 10.9. The Hall–Kier alpha value is -3.94. The third-order valence-electron chi connectivity index (χ3n) is 6.95. The fraction of sp³-hybridized carbons (Fsp3) is 0.320. The number of aryl methyl sites for hydroxylation is 1. The molecule has 39 heavy (non-hydrogen) atoms. The van der Waals surface area contributed by atoms with Gasteiger partial charge >= 0.3 is 0 Å². The highest BCUT2D eigenvalue weighted by atomic mass is 32.2. The van der Waals surface area contributed by atoms with Crippen LogP contribution < -0.4 is 15.8 Å². The number of aliphatic imine (C=N–C) groups is 1. The van der Waals surface area contributed by atoms with E-state index in [4.69, 9.17) is 14.9 Å². The number of thioether (sulfide) groups is 1. The number of alkyl halides is 2. The molecule has 2 aliphatic rings. The second kappa shape index (κ2) is 9.07. The zero-order chi connectivity index (χ0) is 27.5. The number of fused-ring (bicyclic) bond motifs is 2. The second-order valence-electron chi connectivity index (χ2n) is 9.54. The highest BCUT2D eigenvalue weighted by Crippen LogP contribution is 2.68. The Bertz CT molecular complexity index is 1630. The van der Waals surface area contributed by atoms with E-state index < -0.39 is 34.3 Å². The zero-order valence-corrected chi connectivity index (χ0v) is 21.4. The van der Waals surface area contributed by atoms with Crippen molar-refractivity contribution in [1.82, 2.24) is 19.9 Å². The molecular weight excluding hydrogens is 538 g/mol. The first-order valence-electron chi connectivity index (χ1n) is 11.8. The van der Waals surface area contributed by atoms with Crippen molar-refractivity contribution >= 4 is 39.5 Å². The van der Waals surface area contributed by atoms with Crippen LogP contribution in [0.3, 0.4) is 0 Å². The van der Waals surface area contributed by atoms with Gasteiger partial charge < -0.3 is 20.2 Å². The standard InChI is InChI=1S/C25H21F4N7O2S/c1-11-33-13(9-37-11)10-38-18-8-32-20-16(35-18)3-4-31-21(20)34-12-5-14(19(27)15(26)6-12)24(2)17-7-25(17,22(28)29)39-23(30)36-24/h3-6,8-9,17,22H,7,10H2,1-2H3,(H2,30,36)(H,31,34)/t17-,24+,25-/m0/s1. The van der Waals surface area contributed by atoms with Crippen LogP contribution in [0.25, 0.3) is 11.0 Å². The van der Waals surface area contributed by atoms with E-state index >= 15 is 4.39 Å². The Morgan fingerprint density at radius 3 is 2.82 bits per heavy atom. The van der Waals surface area contributed by atoms with Crippen molar-refractivity contribution in [3.05, 3.63) is 65.6 Å². The van der Waals surface area contributed by atoms with Crippen molar-refractivity contribution in [1.29, 1.82) is 0 Å². The van der Waals surface area contributed by atoms with Gasteiger partial charge in [0.2, 0.25) is 5.88 Å². The smallest absolute Gasteiger partial charge is 0.253 e. The molecule has 4 aromatic rings. The van der Waals surface area contributed by atoms with E-state index in [1.807, 2.05) is 0 Å². The molecule has 3 aromatic heterocycles. The molecule has 6 rings (SSSR count). The van der Waals surface area contributed by atoms with E-state index in [1.54, 1.807) is 13.0 Å². The molecule has 1 aromatic carbocycles. The van der Waals surface area contributed by atoms with Gasteiger partial charge in [-0.05, 0) is 25.5 Å². The van der Waals surface area contributed by atoms with Gasteiger partial charge in [0.1, 0.15) is 24.1 Å². The molecule has 3 atom stereocenters. The van der Waals surface area contributed by atoms with Crippen molar-refractivity contribution in [3.63, 3.8) is 0 Å². The van der Waals surface area contributed by atoms with E-state index in [0.29, 0.717) is 22.6 Å². The number of nitrogens with one attached hydrogen (secondary N) is 1. The maximum Gasteiger partial charge on any atom is 0.253 e. The number of aromatic nitrogens is 4. The molecule has 1 fully saturated rings. The number of rotatable bonds is 7. The molecule has 0 saturated heterocycles. The van der Waals surface area contributed by atoms with E-state index in [-0.39, 0.29) is 41.1 Å². The van der Waals surface area contributed by atoms with E-state index in [0.717, 1.165) is 17.8 Å². The lowest BCUT2D eigenvalue weighted by atomic mass is 9.85. The lowest BCUT2D eigenvalue weighted by Gasteiger charge is -2.34. The van der Waals surface area contributed by atoms with Gasteiger partial charge in [0.15, 0.2) is 28.5 Å². The van der Waals surface area contributed by atoms with Crippen molar-refractivity contribution in [3.8, 4) is 5.88 Å². The Morgan fingerprint density at radius 2 is 2.08 bits per heavy atom. The predicted octanol–water partition coefficient (Wildman–Crippen LogP) is 5.22. The molecule has 0 unspecified atom stereocenters. The van der Waals surface area contributed by atoms with Crippen LogP contribution in [0.2, 0.25) is 0 Å². The molecule has 1 aliphatic carbocycles. The van der Waals surface area contributed by atoms with Crippen molar-refractivity contribution in [2.45, 2.75) is 43.6 Å². The number of oxazole rings is 1.